The van der Waals surface area contributed by atoms with Gasteiger partial charge in [-0.3, -0.25) is 14.9 Å². The van der Waals surface area contributed by atoms with Crippen LogP contribution in [0.2, 0.25) is 0 Å². The molecule has 0 saturated carbocycles. The van der Waals surface area contributed by atoms with Crippen LogP contribution >= 0.6 is 15.9 Å². The Labute approximate surface area is 98.4 Å². The Kier molecular flexibility index (Phi) is 3.58. The molecule has 0 fully saturated rings. The van der Waals surface area contributed by atoms with Crippen molar-refractivity contribution in [2.75, 3.05) is 0 Å². The first kappa shape index (κ1) is 12.1. The number of aliphatic carboxylic acids is 1. The topological polar surface area (TPSA) is 104 Å². The van der Waals surface area contributed by atoms with Gasteiger partial charge < -0.3 is 5.11 Å². The van der Waals surface area contributed by atoms with Crippen LogP contribution in [0.5, 0.6) is 0 Å². The fourth-order valence-corrected chi connectivity index (χ4v) is 1.75. The molecule has 6 nitrogen and oxygen atoms in total. The lowest BCUT2D eigenvalue weighted by molar-refractivity contribution is -0.385. The minimum Gasteiger partial charge on any atom is -0.481 e. The van der Waals surface area contributed by atoms with Crippen LogP contribution in [0.15, 0.2) is 16.6 Å². The third-order valence-electron chi connectivity index (χ3n) is 1.86. The summed E-state index contributed by atoms with van der Waals surface area (Å²) < 4.78 is 0.159. The standard InChI is InChI=1S/C9H5BrN2O4/c10-9-5(4-11)1-2-7(12(15)16)6(9)3-8(13)14/h1-2H,3H2,(H,13,14). The minimum absolute atomic E-state index is 0.00319. The second kappa shape index (κ2) is 4.72. The van der Waals surface area contributed by atoms with Gasteiger partial charge in [0.05, 0.1) is 22.5 Å². The Morgan fingerprint density at radius 1 is 1.62 bits per heavy atom. The Morgan fingerprint density at radius 3 is 2.69 bits per heavy atom. The van der Waals surface area contributed by atoms with Crippen LogP contribution < -0.4 is 0 Å². The summed E-state index contributed by atoms with van der Waals surface area (Å²) in [7, 11) is 0. The third-order valence-corrected chi connectivity index (χ3v) is 2.77. The molecule has 0 aliphatic rings. The van der Waals surface area contributed by atoms with Gasteiger partial charge in [-0.25, -0.2) is 0 Å². The Bertz CT molecular complexity index is 507. The van der Waals surface area contributed by atoms with E-state index in [2.05, 4.69) is 15.9 Å². The fourth-order valence-electron chi connectivity index (χ4n) is 1.19. The summed E-state index contributed by atoms with van der Waals surface area (Å²) in [5.41, 5.74) is -0.147. The van der Waals surface area contributed by atoms with Crippen molar-refractivity contribution in [1.29, 1.82) is 5.26 Å². The zero-order valence-corrected chi connectivity index (χ0v) is 9.39. The van der Waals surface area contributed by atoms with E-state index in [9.17, 15) is 14.9 Å². The van der Waals surface area contributed by atoms with Gasteiger partial charge in [0.2, 0.25) is 0 Å². The lowest BCUT2D eigenvalue weighted by atomic mass is 10.1. The molecule has 0 atom stereocenters. The number of halogens is 1. The van der Waals surface area contributed by atoms with Gasteiger partial charge in [0.25, 0.3) is 5.69 Å². The number of rotatable bonds is 3. The average Bonchev–Trinajstić information content (AvgIpc) is 2.19. The van der Waals surface area contributed by atoms with Gasteiger partial charge in [-0.05, 0) is 22.0 Å². The summed E-state index contributed by atoms with van der Waals surface area (Å²) in [6, 6.07) is 4.21. The third kappa shape index (κ3) is 2.35. The molecule has 82 valence electrons. The Morgan fingerprint density at radius 2 is 2.25 bits per heavy atom. The second-order valence-electron chi connectivity index (χ2n) is 2.86. The summed E-state index contributed by atoms with van der Waals surface area (Å²) >= 11 is 3.00. The maximum atomic E-state index is 10.7. The highest BCUT2D eigenvalue weighted by Gasteiger charge is 2.21. The number of nitro groups is 1. The summed E-state index contributed by atoms with van der Waals surface area (Å²) in [6.45, 7) is 0. The van der Waals surface area contributed by atoms with Crippen LogP contribution in [0.3, 0.4) is 0 Å². The molecule has 1 N–H and O–H groups in total. The maximum absolute atomic E-state index is 10.7. The van der Waals surface area contributed by atoms with Crippen LogP contribution in [-0.4, -0.2) is 16.0 Å². The van der Waals surface area contributed by atoms with Crippen molar-refractivity contribution in [1.82, 2.24) is 0 Å². The van der Waals surface area contributed by atoms with E-state index in [4.69, 9.17) is 10.4 Å². The highest BCUT2D eigenvalue weighted by atomic mass is 79.9. The van der Waals surface area contributed by atoms with E-state index in [0.717, 1.165) is 6.07 Å². The summed E-state index contributed by atoms with van der Waals surface area (Å²) in [6.07, 6.45) is -0.508. The van der Waals surface area contributed by atoms with Crippen molar-refractivity contribution in [3.8, 4) is 6.07 Å². The Balaban J connectivity index is 3.43. The molecule has 0 radical (unpaired) electrons. The lowest BCUT2D eigenvalue weighted by Crippen LogP contribution is -2.05. The molecule has 1 aromatic carbocycles. The fraction of sp³-hybridized carbons (Fsp3) is 0.111. The van der Waals surface area contributed by atoms with Crippen LogP contribution in [-0.2, 0) is 11.2 Å². The smallest absolute Gasteiger partial charge is 0.308 e. The molecule has 0 unspecified atom stereocenters. The molecular formula is C9H5BrN2O4. The molecule has 16 heavy (non-hydrogen) atoms. The zero-order chi connectivity index (χ0) is 12.3. The number of hydrogen-bond donors (Lipinski definition) is 1. The van der Waals surface area contributed by atoms with E-state index in [1.54, 1.807) is 0 Å². The average molecular weight is 285 g/mol. The van der Waals surface area contributed by atoms with E-state index < -0.39 is 17.3 Å². The predicted molar refractivity (Wildman–Crippen MR) is 56.9 cm³/mol. The van der Waals surface area contributed by atoms with E-state index in [0.29, 0.717) is 0 Å². The van der Waals surface area contributed by atoms with Crippen LogP contribution in [0, 0.1) is 21.4 Å². The predicted octanol–water partition coefficient (Wildman–Crippen LogP) is 1.86. The maximum Gasteiger partial charge on any atom is 0.308 e. The number of nitrogens with zero attached hydrogens (tertiary/aromatic N) is 2. The van der Waals surface area contributed by atoms with Crippen LogP contribution in [0.4, 0.5) is 5.69 Å². The van der Waals surface area contributed by atoms with Gasteiger partial charge in [0.1, 0.15) is 6.07 Å². The van der Waals surface area contributed by atoms with Crippen LogP contribution in [0.25, 0.3) is 0 Å². The minimum atomic E-state index is -1.20. The molecule has 0 amide bonds. The first-order valence-electron chi connectivity index (χ1n) is 4.05. The van der Waals surface area contributed by atoms with E-state index in [1.165, 1.54) is 6.07 Å². The highest BCUT2D eigenvalue weighted by molar-refractivity contribution is 9.10. The SMILES string of the molecule is N#Cc1ccc([N+](=O)[O-])c(CC(=O)O)c1Br. The molecule has 1 rings (SSSR count). The van der Waals surface area contributed by atoms with Crippen LogP contribution in [0.1, 0.15) is 11.1 Å². The molecule has 0 bridgehead atoms. The molecule has 0 aliphatic heterocycles. The van der Waals surface area contributed by atoms with E-state index in [1.807, 2.05) is 6.07 Å². The number of carboxylic acid groups (broad SMARTS) is 1. The van der Waals surface area contributed by atoms with Gasteiger partial charge in [0.15, 0.2) is 0 Å². The van der Waals surface area contributed by atoms with Gasteiger partial charge in [-0.1, -0.05) is 0 Å². The van der Waals surface area contributed by atoms with Crippen molar-refractivity contribution >= 4 is 27.6 Å². The molecule has 0 spiro atoms. The Hall–Kier alpha value is -1.94. The normalized spacial score (nSPS) is 9.50. The molecule has 0 aromatic heterocycles. The van der Waals surface area contributed by atoms with Gasteiger partial charge >= 0.3 is 5.97 Å². The van der Waals surface area contributed by atoms with Gasteiger partial charge in [-0.15, -0.1) is 0 Å². The summed E-state index contributed by atoms with van der Waals surface area (Å²) in [5, 5.41) is 28.0. The first-order valence-corrected chi connectivity index (χ1v) is 4.84. The van der Waals surface area contributed by atoms with Crippen molar-refractivity contribution in [3.63, 3.8) is 0 Å². The number of nitriles is 1. The largest absolute Gasteiger partial charge is 0.481 e. The van der Waals surface area contributed by atoms with Gasteiger partial charge in [0, 0.05) is 10.5 Å². The molecule has 0 saturated heterocycles. The lowest BCUT2D eigenvalue weighted by Gasteiger charge is -2.04. The quantitative estimate of drug-likeness (QED) is 0.674. The number of hydrogen-bond acceptors (Lipinski definition) is 4. The van der Waals surface area contributed by atoms with E-state index >= 15 is 0 Å². The molecule has 7 heteroatoms. The highest BCUT2D eigenvalue weighted by Crippen LogP contribution is 2.30. The molecule has 0 aliphatic carbocycles. The number of carboxylic acids is 1. The van der Waals surface area contributed by atoms with Crippen molar-refractivity contribution in [2.24, 2.45) is 0 Å². The second-order valence-corrected chi connectivity index (χ2v) is 3.66. The summed E-state index contributed by atoms with van der Waals surface area (Å²) in [4.78, 5) is 20.6. The molecular weight excluding hydrogens is 280 g/mol. The van der Waals surface area contributed by atoms with Crippen molar-refractivity contribution in [3.05, 3.63) is 37.8 Å². The number of carbonyl (C=O) groups is 1. The molecule has 1 aromatic rings. The zero-order valence-electron chi connectivity index (χ0n) is 7.81. The van der Waals surface area contributed by atoms with Crippen molar-refractivity contribution < 1.29 is 14.8 Å². The monoisotopic (exact) mass is 284 g/mol. The number of benzene rings is 1. The summed E-state index contributed by atoms with van der Waals surface area (Å²) in [5.74, 6) is -1.20. The van der Waals surface area contributed by atoms with Gasteiger partial charge in [-0.2, -0.15) is 5.26 Å². The van der Waals surface area contributed by atoms with E-state index in [-0.39, 0.29) is 21.3 Å². The van der Waals surface area contributed by atoms with Crippen molar-refractivity contribution in [2.45, 2.75) is 6.42 Å². The first-order chi connectivity index (χ1) is 7.47. The molecule has 0 heterocycles. The number of nitro benzene ring substituents is 1.